The standard InChI is InChI=1S/C14H21Cl2N/c1-3-13(4-2)17(10-9-15)11-12-7-5-6-8-14(12)16/h5-8,13H,3-4,9-11H2,1-2H3. The molecule has 0 radical (unpaired) electrons. The third-order valence-corrected chi connectivity index (χ3v) is 3.70. The van der Waals surface area contributed by atoms with Crippen LogP contribution in [0.2, 0.25) is 5.02 Å². The Morgan fingerprint density at radius 2 is 1.82 bits per heavy atom. The van der Waals surface area contributed by atoms with Crippen molar-refractivity contribution >= 4 is 23.2 Å². The number of hydrogen-bond donors (Lipinski definition) is 0. The van der Waals surface area contributed by atoms with Gasteiger partial charge in [-0.25, -0.2) is 0 Å². The van der Waals surface area contributed by atoms with Gasteiger partial charge in [0.1, 0.15) is 0 Å². The highest BCUT2D eigenvalue weighted by atomic mass is 35.5. The van der Waals surface area contributed by atoms with Crippen molar-refractivity contribution in [2.75, 3.05) is 12.4 Å². The molecule has 0 spiro atoms. The van der Waals surface area contributed by atoms with Crippen molar-refractivity contribution in [3.8, 4) is 0 Å². The van der Waals surface area contributed by atoms with E-state index in [1.54, 1.807) is 0 Å². The van der Waals surface area contributed by atoms with Gasteiger partial charge in [0, 0.05) is 30.0 Å². The average molecular weight is 274 g/mol. The summed E-state index contributed by atoms with van der Waals surface area (Å²) in [6.45, 7) is 6.25. The molecular weight excluding hydrogens is 253 g/mol. The molecule has 0 aliphatic carbocycles. The highest BCUT2D eigenvalue weighted by molar-refractivity contribution is 6.31. The fourth-order valence-electron chi connectivity index (χ4n) is 2.15. The molecule has 17 heavy (non-hydrogen) atoms. The zero-order chi connectivity index (χ0) is 12.7. The summed E-state index contributed by atoms with van der Waals surface area (Å²) < 4.78 is 0. The first-order valence-electron chi connectivity index (χ1n) is 6.26. The minimum absolute atomic E-state index is 0.588. The van der Waals surface area contributed by atoms with E-state index in [0.29, 0.717) is 11.9 Å². The van der Waals surface area contributed by atoms with Crippen LogP contribution < -0.4 is 0 Å². The molecule has 0 aliphatic rings. The summed E-state index contributed by atoms with van der Waals surface area (Å²) in [5, 5.41) is 0.845. The number of alkyl halides is 1. The number of nitrogens with zero attached hydrogens (tertiary/aromatic N) is 1. The lowest BCUT2D eigenvalue weighted by Gasteiger charge is -2.30. The van der Waals surface area contributed by atoms with E-state index in [2.05, 4.69) is 24.8 Å². The molecule has 0 N–H and O–H groups in total. The Bertz CT molecular complexity index is 324. The molecule has 0 aromatic heterocycles. The van der Waals surface area contributed by atoms with Gasteiger partial charge in [-0.3, -0.25) is 4.90 Å². The Morgan fingerprint density at radius 3 is 2.35 bits per heavy atom. The summed E-state index contributed by atoms with van der Waals surface area (Å²) in [6, 6.07) is 8.63. The molecule has 0 bridgehead atoms. The first-order chi connectivity index (χ1) is 8.22. The van der Waals surface area contributed by atoms with E-state index in [-0.39, 0.29) is 0 Å². The van der Waals surface area contributed by atoms with Gasteiger partial charge in [-0.05, 0) is 24.5 Å². The molecule has 96 valence electrons. The number of benzene rings is 1. The van der Waals surface area contributed by atoms with Gasteiger partial charge in [-0.15, -0.1) is 11.6 Å². The van der Waals surface area contributed by atoms with Gasteiger partial charge in [0.05, 0.1) is 0 Å². The van der Waals surface area contributed by atoms with Gasteiger partial charge in [0.2, 0.25) is 0 Å². The van der Waals surface area contributed by atoms with E-state index in [1.165, 1.54) is 5.56 Å². The molecule has 0 unspecified atom stereocenters. The van der Waals surface area contributed by atoms with Crippen molar-refractivity contribution in [3.05, 3.63) is 34.9 Å². The van der Waals surface area contributed by atoms with Crippen LogP contribution in [0.5, 0.6) is 0 Å². The lowest BCUT2D eigenvalue weighted by molar-refractivity contribution is 0.188. The van der Waals surface area contributed by atoms with E-state index in [4.69, 9.17) is 23.2 Å². The molecule has 1 aromatic carbocycles. The SMILES string of the molecule is CCC(CC)N(CCCl)Cc1ccccc1Cl. The second-order valence-electron chi connectivity index (χ2n) is 4.22. The van der Waals surface area contributed by atoms with E-state index >= 15 is 0 Å². The lowest BCUT2D eigenvalue weighted by atomic mass is 10.1. The Balaban J connectivity index is 2.75. The zero-order valence-corrected chi connectivity index (χ0v) is 12.1. The van der Waals surface area contributed by atoms with Crippen LogP contribution in [0, 0.1) is 0 Å². The van der Waals surface area contributed by atoms with Crippen molar-refractivity contribution in [2.24, 2.45) is 0 Å². The normalized spacial score (nSPS) is 11.4. The van der Waals surface area contributed by atoms with Gasteiger partial charge in [-0.2, -0.15) is 0 Å². The predicted octanol–water partition coefficient (Wildman–Crippen LogP) is 4.57. The topological polar surface area (TPSA) is 3.24 Å². The molecular formula is C14H21Cl2N. The van der Waals surface area contributed by atoms with E-state index in [1.807, 2.05) is 18.2 Å². The highest BCUT2D eigenvalue weighted by Gasteiger charge is 2.15. The molecule has 0 amide bonds. The van der Waals surface area contributed by atoms with Gasteiger partial charge in [-0.1, -0.05) is 43.6 Å². The summed E-state index contributed by atoms with van der Waals surface area (Å²) in [5.41, 5.74) is 1.19. The number of rotatable bonds is 7. The first-order valence-corrected chi connectivity index (χ1v) is 7.17. The third kappa shape index (κ3) is 4.50. The maximum Gasteiger partial charge on any atom is 0.0451 e. The van der Waals surface area contributed by atoms with Crippen molar-refractivity contribution < 1.29 is 0 Å². The van der Waals surface area contributed by atoms with Crippen LogP contribution in [0.1, 0.15) is 32.3 Å². The Labute approximate surface area is 115 Å². The zero-order valence-electron chi connectivity index (χ0n) is 10.6. The number of halogens is 2. The van der Waals surface area contributed by atoms with E-state index in [9.17, 15) is 0 Å². The van der Waals surface area contributed by atoms with Crippen molar-refractivity contribution in [1.82, 2.24) is 4.90 Å². The van der Waals surface area contributed by atoms with Gasteiger partial charge in [0.15, 0.2) is 0 Å². The van der Waals surface area contributed by atoms with E-state index in [0.717, 1.165) is 31.0 Å². The van der Waals surface area contributed by atoms with Crippen LogP contribution in [0.3, 0.4) is 0 Å². The molecule has 0 heterocycles. The van der Waals surface area contributed by atoms with Crippen molar-refractivity contribution in [2.45, 2.75) is 39.3 Å². The van der Waals surface area contributed by atoms with Gasteiger partial charge >= 0.3 is 0 Å². The van der Waals surface area contributed by atoms with Crippen molar-refractivity contribution in [3.63, 3.8) is 0 Å². The molecule has 1 nitrogen and oxygen atoms in total. The van der Waals surface area contributed by atoms with Gasteiger partial charge in [0.25, 0.3) is 0 Å². The largest absolute Gasteiger partial charge is 0.295 e. The van der Waals surface area contributed by atoms with Crippen LogP contribution in [-0.4, -0.2) is 23.4 Å². The Kier molecular flexibility index (Phi) is 6.94. The quantitative estimate of drug-likeness (QED) is 0.658. The summed E-state index contributed by atoms with van der Waals surface area (Å²) in [4.78, 5) is 2.42. The molecule has 0 fully saturated rings. The fraction of sp³-hybridized carbons (Fsp3) is 0.571. The monoisotopic (exact) mass is 273 g/mol. The van der Waals surface area contributed by atoms with Crippen molar-refractivity contribution in [1.29, 1.82) is 0 Å². The molecule has 0 saturated heterocycles. The summed E-state index contributed by atoms with van der Waals surface area (Å²) >= 11 is 12.1. The average Bonchev–Trinajstić information content (AvgIpc) is 2.34. The fourth-order valence-corrected chi connectivity index (χ4v) is 2.56. The van der Waals surface area contributed by atoms with Gasteiger partial charge < -0.3 is 0 Å². The second kappa shape index (κ2) is 7.97. The molecule has 3 heteroatoms. The van der Waals surface area contributed by atoms with Crippen LogP contribution in [0.4, 0.5) is 0 Å². The first kappa shape index (κ1) is 14.8. The smallest absolute Gasteiger partial charge is 0.0451 e. The maximum atomic E-state index is 6.20. The van der Waals surface area contributed by atoms with Crippen LogP contribution >= 0.6 is 23.2 Å². The summed E-state index contributed by atoms with van der Waals surface area (Å²) in [6.07, 6.45) is 2.30. The molecule has 0 atom stereocenters. The lowest BCUT2D eigenvalue weighted by Crippen LogP contribution is -2.35. The Morgan fingerprint density at radius 1 is 1.18 bits per heavy atom. The van der Waals surface area contributed by atoms with Crippen LogP contribution in [0.25, 0.3) is 0 Å². The third-order valence-electron chi connectivity index (χ3n) is 3.16. The summed E-state index contributed by atoms with van der Waals surface area (Å²) in [7, 11) is 0. The molecule has 1 rings (SSSR count). The minimum Gasteiger partial charge on any atom is -0.295 e. The second-order valence-corrected chi connectivity index (χ2v) is 5.01. The predicted molar refractivity (Wildman–Crippen MR) is 77.0 cm³/mol. The highest BCUT2D eigenvalue weighted by Crippen LogP contribution is 2.20. The molecule has 0 aliphatic heterocycles. The van der Waals surface area contributed by atoms with E-state index < -0.39 is 0 Å². The van der Waals surface area contributed by atoms with Crippen LogP contribution in [0.15, 0.2) is 24.3 Å². The number of hydrogen-bond acceptors (Lipinski definition) is 1. The molecule has 0 saturated carbocycles. The maximum absolute atomic E-state index is 6.20. The molecule has 1 aromatic rings. The summed E-state index contributed by atoms with van der Waals surface area (Å²) in [5.74, 6) is 0.668. The van der Waals surface area contributed by atoms with Crippen LogP contribution in [-0.2, 0) is 6.54 Å². The minimum atomic E-state index is 0.588. The Hall–Kier alpha value is -0.240.